The molecule has 1 fully saturated rings. The van der Waals surface area contributed by atoms with Gasteiger partial charge in [0.2, 0.25) is 5.91 Å². The third-order valence-corrected chi connectivity index (χ3v) is 3.51. The second-order valence-corrected chi connectivity index (χ2v) is 5.39. The summed E-state index contributed by atoms with van der Waals surface area (Å²) in [5.41, 5.74) is 0.569. The standard InChI is InChI=1S/C9H7BrN4OS/c10-5-3-11-6-8(12-5)16-9(13-6)14-7(15)4-1-2-4/h3-4H,1-2H2,(H,11,13,14,15). The molecule has 1 amide bonds. The number of rotatable bonds is 2. The van der Waals surface area contributed by atoms with Crippen LogP contribution >= 0.6 is 27.3 Å². The Hall–Kier alpha value is -1.08. The summed E-state index contributed by atoms with van der Waals surface area (Å²) in [4.78, 5) is 24.8. The van der Waals surface area contributed by atoms with Crippen LogP contribution in [0.5, 0.6) is 0 Å². The molecule has 1 aliphatic carbocycles. The van der Waals surface area contributed by atoms with E-state index in [1.54, 1.807) is 6.20 Å². The lowest BCUT2D eigenvalue weighted by molar-refractivity contribution is -0.117. The van der Waals surface area contributed by atoms with E-state index in [2.05, 4.69) is 36.2 Å². The van der Waals surface area contributed by atoms with Crippen molar-refractivity contribution in [2.24, 2.45) is 5.92 Å². The van der Waals surface area contributed by atoms with Gasteiger partial charge in [-0.2, -0.15) is 4.98 Å². The molecule has 1 aliphatic rings. The number of halogens is 1. The van der Waals surface area contributed by atoms with Gasteiger partial charge in [0.25, 0.3) is 0 Å². The van der Waals surface area contributed by atoms with Gasteiger partial charge in [-0.15, -0.1) is 0 Å². The molecule has 0 aromatic carbocycles. The van der Waals surface area contributed by atoms with E-state index in [1.807, 2.05) is 0 Å². The maximum atomic E-state index is 11.5. The number of carbonyl (C=O) groups is 1. The Morgan fingerprint density at radius 2 is 2.31 bits per heavy atom. The molecule has 82 valence electrons. The third kappa shape index (κ3) is 1.92. The maximum Gasteiger partial charge on any atom is 0.229 e. The Morgan fingerprint density at radius 1 is 1.50 bits per heavy atom. The molecule has 0 radical (unpaired) electrons. The Labute approximate surface area is 103 Å². The van der Waals surface area contributed by atoms with E-state index in [4.69, 9.17) is 0 Å². The van der Waals surface area contributed by atoms with Crippen molar-refractivity contribution in [2.75, 3.05) is 5.32 Å². The highest BCUT2D eigenvalue weighted by atomic mass is 79.9. The van der Waals surface area contributed by atoms with Crippen molar-refractivity contribution < 1.29 is 4.79 Å². The van der Waals surface area contributed by atoms with Crippen molar-refractivity contribution >= 4 is 48.8 Å². The van der Waals surface area contributed by atoms with Crippen molar-refractivity contribution in [1.29, 1.82) is 0 Å². The summed E-state index contributed by atoms with van der Waals surface area (Å²) in [6.45, 7) is 0. The number of carbonyl (C=O) groups excluding carboxylic acids is 1. The molecule has 0 spiro atoms. The summed E-state index contributed by atoms with van der Waals surface area (Å²) in [5.74, 6) is 0.234. The van der Waals surface area contributed by atoms with Crippen LogP contribution in [0.4, 0.5) is 5.13 Å². The summed E-state index contributed by atoms with van der Waals surface area (Å²) >= 11 is 4.58. The lowest BCUT2D eigenvalue weighted by Crippen LogP contribution is -2.12. The van der Waals surface area contributed by atoms with Crippen LogP contribution in [0.1, 0.15) is 12.8 Å². The highest BCUT2D eigenvalue weighted by Crippen LogP contribution is 2.31. The Bertz CT molecular complexity index is 566. The smallest absolute Gasteiger partial charge is 0.229 e. The van der Waals surface area contributed by atoms with Crippen LogP contribution in [0.15, 0.2) is 10.8 Å². The molecule has 0 atom stereocenters. The SMILES string of the molecule is O=C(Nc1nc2ncc(Br)nc2s1)C1CC1. The zero-order valence-electron chi connectivity index (χ0n) is 8.11. The molecule has 0 bridgehead atoms. The lowest BCUT2D eigenvalue weighted by Gasteiger charge is -1.96. The second-order valence-electron chi connectivity index (χ2n) is 3.60. The Kier molecular flexibility index (Phi) is 2.36. The third-order valence-electron chi connectivity index (χ3n) is 2.27. The van der Waals surface area contributed by atoms with Gasteiger partial charge in [0, 0.05) is 5.92 Å². The first-order chi connectivity index (χ1) is 7.72. The normalized spacial score (nSPS) is 15.3. The average Bonchev–Trinajstić information content (AvgIpc) is 3.00. The monoisotopic (exact) mass is 298 g/mol. The van der Waals surface area contributed by atoms with Gasteiger partial charge in [-0.1, -0.05) is 11.3 Å². The summed E-state index contributed by atoms with van der Waals surface area (Å²) < 4.78 is 0.670. The van der Waals surface area contributed by atoms with Gasteiger partial charge in [0.1, 0.15) is 4.60 Å². The molecule has 3 rings (SSSR count). The number of nitrogens with zero attached hydrogens (tertiary/aromatic N) is 3. The van der Waals surface area contributed by atoms with Gasteiger partial charge in [-0.25, -0.2) is 9.97 Å². The van der Waals surface area contributed by atoms with Gasteiger partial charge in [-0.3, -0.25) is 4.79 Å². The second kappa shape index (κ2) is 3.74. The van der Waals surface area contributed by atoms with E-state index in [0.717, 1.165) is 17.7 Å². The van der Waals surface area contributed by atoms with Crippen molar-refractivity contribution in [3.63, 3.8) is 0 Å². The number of amides is 1. The quantitative estimate of drug-likeness (QED) is 0.923. The van der Waals surface area contributed by atoms with Crippen LogP contribution < -0.4 is 5.32 Å². The largest absolute Gasteiger partial charge is 0.302 e. The topological polar surface area (TPSA) is 67.8 Å². The number of anilines is 1. The Morgan fingerprint density at radius 3 is 3.06 bits per heavy atom. The number of nitrogens with one attached hydrogen (secondary N) is 1. The summed E-state index contributed by atoms with van der Waals surface area (Å²) in [5, 5.41) is 3.36. The molecular weight excluding hydrogens is 292 g/mol. The highest BCUT2D eigenvalue weighted by molar-refractivity contribution is 9.10. The van der Waals surface area contributed by atoms with E-state index in [1.165, 1.54) is 11.3 Å². The van der Waals surface area contributed by atoms with Crippen LogP contribution in [0.25, 0.3) is 10.5 Å². The van der Waals surface area contributed by atoms with Crippen LogP contribution in [0, 0.1) is 5.92 Å². The molecule has 16 heavy (non-hydrogen) atoms. The summed E-state index contributed by atoms with van der Waals surface area (Å²) in [6, 6.07) is 0. The number of thiazole rings is 1. The van der Waals surface area contributed by atoms with Gasteiger partial charge >= 0.3 is 0 Å². The fourth-order valence-corrected chi connectivity index (χ4v) is 2.51. The lowest BCUT2D eigenvalue weighted by atomic mass is 10.4. The predicted octanol–water partition coefficient (Wildman–Crippen LogP) is 2.20. The van der Waals surface area contributed by atoms with E-state index >= 15 is 0 Å². The molecule has 0 saturated heterocycles. The van der Waals surface area contributed by atoms with Crippen LogP contribution in [-0.4, -0.2) is 20.9 Å². The zero-order valence-corrected chi connectivity index (χ0v) is 10.5. The minimum Gasteiger partial charge on any atom is -0.302 e. The average molecular weight is 299 g/mol. The van der Waals surface area contributed by atoms with Crippen LogP contribution in [0.3, 0.4) is 0 Å². The van der Waals surface area contributed by atoms with Crippen molar-refractivity contribution in [2.45, 2.75) is 12.8 Å². The fraction of sp³-hybridized carbons (Fsp3) is 0.333. The van der Waals surface area contributed by atoms with Gasteiger partial charge < -0.3 is 5.32 Å². The van der Waals surface area contributed by atoms with Gasteiger partial charge in [-0.05, 0) is 28.8 Å². The summed E-state index contributed by atoms with van der Waals surface area (Å²) in [6.07, 6.45) is 3.56. The molecule has 5 nitrogen and oxygen atoms in total. The van der Waals surface area contributed by atoms with E-state index in [-0.39, 0.29) is 11.8 Å². The molecule has 7 heteroatoms. The minimum absolute atomic E-state index is 0.0538. The molecule has 2 heterocycles. The van der Waals surface area contributed by atoms with Crippen molar-refractivity contribution in [1.82, 2.24) is 15.0 Å². The first-order valence-electron chi connectivity index (χ1n) is 4.82. The number of hydrogen-bond donors (Lipinski definition) is 1. The van der Waals surface area contributed by atoms with Gasteiger partial charge in [0.05, 0.1) is 6.20 Å². The molecule has 0 unspecified atom stereocenters. The number of fused-ring (bicyclic) bond motifs is 1. The Balaban J connectivity index is 1.89. The molecule has 1 N–H and O–H groups in total. The molecule has 1 saturated carbocycles. The maximum absolute atomic E-state index is 11.5. The first kappa shape index (κ1) is 10.1. The van der Waals surface area contributed by atoms with E-state index < -0.39 is 0 Å². The minimum atomic E-state index is 0.0538. The zero-order chi connectivity index (χ0) is 11.1. The van der Waals surface area contributed by atoms with Crippen LogP contribution in [-0.2, 0) is 4.79 Å². The van der Waals surface area contributed by atoms with E-state index in [9.17, 15) is 4.79 Å². The highest BCUT2D eigenvalue weighted by Gasteiger charge is 2.30. The first-order valence-corrected chi connectivity index (χ1v) is 6.43. The van der Waals surface area contributed by atoms with Gasteiger partial charge in [0.15, 0.2) is 15.6 Å². The molecular formula is C9H7BrN4OS. The summed E-state index contributed by atoms with van der Waals surface area (Å²) in [7, 11) is 0. The molecule has 0 aliphatic heterocycles. The molecule has 2 aromatic rings. The number of aromatic nitrogens is 3. The molecule has 2 aromatic heterocycles. The van der Waals surface area contributed by atoms with E-state index in [0.29, 0.717) is 15.4 Å². The predicted molar refractivity (Wildman–Crippen MR) is 64.3 cm³/mol. The van der Waals surface area contributed by atoms with Crippen LogP contribution in [0.2, 0.25) is 0 Å². The van der Waals surface area contributed by atoms with Crippen molar-refractivity contribution in [3.05, 3.63) is 10.8 Å². The fourth-order valence-electron chi connectivity index (χ4n) is 1.31. The number of hydrogen-bond acceptors (Lipinski definition) is 5. The van der Waals surface area contributed by atoms with Crippen molar-refractivity contribution in [3.8, 4) is 0 Å².